The standard InChI is InChI=1S/C25H28N4O5/c1-5-33-20-12-6-17(7-13-20)22-21(16(2)29(14-15-31-3)25(30)26-22)24-27-23(28-34-24)18-8-10-19(32-4)11-9-18/h6-13,22H,5,14-15H2,1-4H3,(H,26,30). The minimum atomic E-state index is -0.467. The number of hydrogen-bond acceptors (Lipinski definition) is 7. The summed E-state index contributed by atoms with van der Waals surface area (Å²) >= 11 is 0. The summed E-state index contributed by atoms with van der Waals surface area (Å²) in [5, 5.41) is 7.26. The summed E-state index contributed by atoms with van der Waals surface area (Å²) in [5.74, 6) is 2.29. The van der Waals surface area contributed by atoms with Crippen molar-refractivity contribution in [3.8, 4) is 22.9 Å². The third-order valence-electron chi connectivity index (χ3n) is 5.64. The molecule has 1 unspecified atom stereocenters. The van der Waals surface area contributed by atoms with E-state index in [0.717, 1.165) is 33.9 Å². The van der Waals surface area contributed by atoms with Crippen LogP contribution in [0.5, 0.6) is 11.5 Å². The molecule has 0 radical (unpaired) electrons. The Labute approximate surface area is 198 Å². The van der Waals surface area contributed by atoms with Crippen molar-refractivity contribution >= 4 is 11.6 Å². The molecule has 1 aliphatic rings. The summed E-state index contributed by atoms with van der Waals surface area (Å²) in [5.41, 5.74) is 3.13. The van der Waals surface area contributed by atoms with E-state index in [1.54, 1.807) is 19.1 Å². The number of carbonyl (C=O) groups excluding carboxylic acids is 1. The Balaban J connectivity index is 1.74. The van der Waals surface area contributed by atoms with Crippen molar-refractivity contribution < 1.29 is 23.5 Å². The summed E-state index contributed by atoms with van der Waals surface area (Å²) in [4.78, 5) is 19.2. The van der Waals surface area contributed by atoms with Gasteiger partial charge in [-0.05, 0) is 55.8 Å². The Hall–Kier alpha value is -3.85. The Morgan fingerprint density at radius 1 is 1.06 bits per heavy atom. The van der Waals surface area contributed by atoms with E-state index in [4.69, 9.17) is 18.7 Å². The predicted octanol–water partition coefficient (Wildman–Crippen LogP) is 4.29. The Morgan fingerprint density at radius 3 is 2.41 bits per heavy atom. The molecule has 2 heterocycles. The smallest absolute Gasteiger partial charge is 0.322 e. The fourth-order valence-electron chi connectivity index (χ4n) is 3.87. The van der Waals surface area contributed by atoms with Gasteiger partial charge >= 0.3 is 6.03 Å². The first-order valence-electron chi connectivity index (χ1n) is 11.0. The third kappa shape index (κ3) is 4.74. The highest BCUT2D eigenvalue weighted by molar-refractivity contribution is 5.86. The number of allylic oxidation sites excluding steroid dienone is 1. The van der Waals surface area contributed by atoms with Gasteiger partial charge in [0.2, 0.25) is 5.82 Å². The molecule has 1 N–H and O–H groups in total. The van der Waals surface area contributed by atoms with Gasteiger partial charge < -0.3 is 24.1 Å². The van der Waals surface area contributed by atoms with E-state index in [-0.39, 0.29) is 6.03 Å². The van der Waals surface area contributed by atoms with Gasteiger partial charge in [-0.3, -0.25) is 4.90 Å². The lowest BCUT2D eigenvalue weighted by Crippen LogP contribution is -2.47. The van der Waals surface area contributed by atoms with E-state index in [1.165, 1.54) is 0 Å². The number of benzene rings is 2. The van der Waals surface area contributed by atoms with Gasteiger partial charge in [-0.15, -0.1) is 0 Å². The van der Waals surface area contributed by atoms with Crippen LogP contribution in [-0.4, -0.2) is 55.0 Å². The van der Waals surface area contributed by atoms with E-state index < -0.39 is 6.04 Å². The van der Waals surface area contributed by atoms with Crippen LogP contribution >= 0.6 is 0 Å². The number of amides is 2. The van der Waals surface area contributed by atoms with Crippen LogP contribution in [0.1, 0.15) is 31.3 Å². The van der Waals surface area contributed by atoms with Crippen LogP contribution in [0.15, 0.2) is 58.8 Å². The van der Waals surface area contributed by atoms with Crippen LogP contribution in [0.2, 0.25) is 0 Å². The number of ether oxygens (including phenoxy) is 3. The topological polar surface area (TPSA) is 99.0 Å². The maximum absolute atomic E-state index is 12.9. The van der Waals surface area contributed by atoms with Crippen molar-refractivity contribution in [1.82, 2.24) is 20.4 Å². The van der Waals surface area contributed by atoms with Crippen molar-refractivity contribution in [3.63, 3.8) is 0 Å². The molecule has 0 aliphatic carbocycles. The van der Waals surface area contributed by atoms with E-state index in [1.807, 2.05) is 62.4 Å². The molecule has 2 amide bonds. The number of hydrogen-bond donors (Lipinski definition) is 1. The van der Waals surface area contributed by atoms with Gasteiger partial charge in [-0.2, -0.15) is 4.98 Å². The molecule has 0 bridgehead atoms. The number of nitrogens with zero attached hydrogens (tertiary/aromatic N) is 3. The van der Waals surface area contributed by atoms with Gasteiger partial charge in [-0.25, -0.2) is 4.79 Å². The van der Waals surface area contributed by atoms with Gasteiger partial charge in [0, 0.05) is 18.4 Å². The number of carbonyl (C=O) groups is 1. The molecule has 0 fully saturated rings. The van der Waals surface area contributed by atoms with Crippen LogP contribution in [0, 0.1) is 0 Å². The highest BCUT2D eigenvalue weighted by Gasteiger charge is 2.35. The van der Waals surface area contributed by atoms with Gasteiger partial charge in [0.05, 0.1) is 38.5 Å². The fraction of sp³-hybridized carbons (Fsp3) is 0.320. The first-order valence-corrected chi connectivity index (χ1v) is 11.0. The lowest BCUT2D eigenvalue weighted by molar-refractivity contribution is 0.158. The Bertz CT molecular complexity index is 1150. The van der Waals surface area contributed by atoms with E-state index in [0.29, 0.717) is 31.5 Å². The van der Waals surface area contributed by atoms with Crippen molar-refractivity contribution in [2.45, 2.75) is 19.9 Å². The van der Waals surface area contributed by atoms with Crippen LogP contribution < -0.4 is 14.8 Å². The maximum Gasteiger partial charge on any atom is 0.322 e. The predicted molar refractivity (Wildman–Crippen MR) is 126 cm³/mol. The minimum absolute atomic E-state index is 0.216. The van der Waals surface area contributed by atoms with Crippen LogP contribution in [0.4, 0.5) is 4.79 Å². The van der Waals surface area contributed by atoms with Crippen molar-refractivity contribution in [2.75, 3.05) is 34.0 Å². The van der Waals surface area contributed by atoms with Gasteiger partial charge in [-0.1, -0.05) is 17.3 Å². The van der Waals surface area contributed by atoms with E-state index in [9.17, 15) is 4.79 Å². The molecular weight excluding hydrogens is 436 g/mol. The van der Waals surface area contributed by atoms with E-state index >= 15 is 0 Å². The molecule has 34 heavy (non-hydrogen) atoms. The fourth-order valence-corrected chi connectivity index (χ4v) is 3.87. The molecule has 0 saturated heterocycles. The summed E-state index contributed by atoms with van der Waals surface area (Å²) in [6.45, 7) is 5.18. The van der Waals surface area contributed by atoms with Crippen LogP contribution in [0.25, 0.3) is 17.0 Å². The number of nitrogens with one attached hydrogen (secondary N) is 1. The zero-order valence-electron chi connectivity index (χ0n) is 19.7. The Kier molecular flexibility index (Phi) is 7.12. The minimum Gasteiger partial charge on any atom is -0.497 e. The molecule has 3 aromatic rings. The van der Waals surface area contributed by atoms with Gasteiger partial charge in [0.15, 0.2) is 0 Å². The molecule has 4 rings (SSSR count). The second-order valence-corrected chi connectivity index (χ2v) is 7.68. The highest BCUT2D eigenvalue weighted by Crippen LogP contribution is 2.37. The molecule has 9 nitrogen and oxygen atoms in total. The molecule has 1 aromatic heterocycles. The van der Waals surface area contributed by atoms with Crippen molar-refractivity contribution in [1.29, 1.82) is 0 Å². The molecule has 1 aliphatic heterocycles. The highest BCUT2D eigenvalue weighted by atomic mass is 16.5. The molecule has 2 aromatic carbocycles. The van der Waals surface area contributed by atoms with E-state index in [2.05, 4.69) is 15.5 Å². The number of aromatic nitrogens is 2. The molecule has 0 saturated carbocycles. The number of urea groups is 1. The lowest BCUT2D eigenvalue weighted by Gasteiger charge is -2.35. The second-order valence-electron chi connectivity index (χ2n) is 7.68. The van der Waals surface area contributed by atoms with Crippen LogP contribution in [-0.2, 0) is 4.74 Å². The summed E-state index contributed by atoms with van der Waals surface area (Å²) in [6.07, 6.45) is 0. The summed E-state index contributed by atoms with van der Waals surface area (Å²) in [7, 11) is 3.22. The second kappa shape index (κ2) is 10.4. The zero-order chi connectivity index (χ0) is 24.1. The Morgan fingerprint density at radius 2 is 1.76 bits per heavy atom. The third-order valence-corrected chi connectivity index (χ3v) is 5.64. The summed E-state index contributed by atoms with van der Waals surface area (Å²) in [6, 6.07) is 14.3. The molecule has 1 atom stereocenters. The first kappa shape index (κ1) is 23.3. The van der Waals surface area contributed by atoms with Crippen LogP contribution in [0.3, 0.4) is 0 Å². The van der Waals surface area contributed by atoms with Crippen molar-refractivity contribution in [3.05, 3.63) is 65.7 Å². The quantitative estimate of drug-likeness (QED) is 0.504. The molecule has 178 valence electrons. The molecule has 9 heteroatoms. The molecular formula is C25H28N4O5. The molecule has 0 spiro atoms. The van der Waals surface area contributed by atoms with Gasteiger partial charge in [0.25, 0.3) is 5.89 Å². The largest absolute Gasteiger partial charge is 0.497 e. The monoisotopic (exact) mass is 464 g/mol. The normalized spacial score (nSPS) is 15.9. The first-order chi connectivity index (χ1) is 16.5. The van der Waals surface area contributed by atoms with Crippen molar-refractivity contribution in [2.24, 2.45) is 0 Å². The number of rotatable bonds is 9. The maximum atomic E-state index is 12.9. The average Bonchev–Trinajstić information content (AvgIpc) is 3.34. The SMILES string of the molecule is CCOc1ccc(C2NC(=O)N(CCOC)C(C)=C2c2nc(-c3ccc(OC)cc3)no2)cc1. The zero-order valence-corrected chi connectivity index (χ0v) is 19.7. The lowest BCUT2D eigenvalue weighted by atomic mass is 9.94. The van der Waals surface area contributed by atoms with Gasteiger partial charge in [0.1, 0.15) is 11.5 Å². The number of methoxy groups -OCH3 is 2. The summed E-state index contributed by atoms with van der Waals surface area (Å²) < 4.78 is 21.7. The average molecular weight is 465 g/mol.